The number of benzene rings is 1. The molecule has 9 rings (SSSR count). The topological polar surface area (TPSA) is 115 Å². The number of hydrogen-bond donors (Lipinski definition) is 4. The Bertz CT molecular complexity index is 2030. The van der Waals surface area contributed by atoms with Crippen LogP contribution in [0.15, 0.2) is 58.5 Å². The van der Waals surface area contributed by atoms with Gasteiger partial charge in [0.1, 0.15) is 0 Å². The maximum Gasteiger partial charge on any atom is 0.181 e. The zero-order valence-electron chi connectivity index (χ0n) is 44.9. The molecule has 6 fully saturated rings. The van der Waals surface area contributed by atoms with E-state index < -0.39 is 32.4 Å². The Balaban J connectivity index is 0.000000233. The summed E-state index contributed by atoms with van der Waals surface area (Å²) in [5.41, 5.74) is 3.05. The van der Waals surface area contributed by atoms with E-state index in [0.717, 1.165) is 112 Å². The Morgan fingerprint density at radius 2 is 1.07 bits per heavy atom. The van der Waals surface area contributed by atoms with Gasteiger partial charge >= 0.3 is 0 Å². The molecule has 0 aromatic heterocycles. The smallest absolute Gasteiger partial charge is 0.181 e. The highest BCUT2D eigenvalue weighted by molar-refractivity contribution is 7.92. The van der Waals surface area contributed by atoms with Gasteiger partial charge in [0.15, 0.2) is 9.84 Å². The first kappa shape index (κ1) is 58.7. The predicted molar refractivity (Wildman–Crippen MR) is 297 cm³/mol. The molecule has 6 saturated carbocycles. The molecule has 0 spiro atoms. The summed E-state index contributed by atoms with van der Waals surface area (Å²) in [5.74, 6) is 8.81. The van der Waals surface area contributed by atoms with Crippen LogP contribution in [0.25, 0.3) is 0 Å². The number of allylic oxidation sites excluding steroid dienone is 2. The summed E-state index contributed by atoms with van der Waals surface area (Å²) in [6.07, 6.45) is 31.3. The van der Waals surface area contributed by atoms with Crippen molar-refractivity contribution in [3.63, 3.8) is 0 Å². The van der Waals surface area contributed by atoms with Crippen molar-refractivity contribution in [1.29, 1.82) is 0 Å². The number of rotatable bonds is 16. The fraction of sp³-hybridized carbons (Fsp3) is 0.844. The second-order valence-electron chi connectivity index (χ2n) is 26.1. The third-order valence-corrected chi connectivity index (χ3v) is 25.0. The molecule has 0 saturated heterocycles. The van der Waals surface area contributed by atoms with Crippen LogP contribution in [0.5, 0.6) is 0 Å². The molecule has 0 amide bonds. The van der Waals surface area contributed by atoms with E-state index in [1.54, 1.807) is 35.4 Å². The van der Waals surface area contributed by atoms with E-state index in [1.165, 1.54) is 77.0 Å². The van der Waals surface area contributed by atoms with Crippen molar-refractivity contribution in [1.82, 2.24) is 0 Å². The van der Waals surface area contributed by atoms with Crippen molar-refractivity contribution < 1.29 is 28.8 Å². The first-order valence-electron chi connectivity index (χ1n) is 29.3. The molecular weight excluding hydrogens is 897 g/mol. The standard InChI is InChI=1S/C34H52O4S.C28H48O2.2CH4/c1-5-25(35)21-27(39(37,38)26-10-8-7-9-11-26)20-23(3)31-14-15-32-30-13-12-24-22-34(36,6-2)19-17-28(24)29(30)16-18-33(31,32)4;1-5-21(29)9-7-8-19(3)25-12-13-26-24-11-10-20-18-28(30,6-2)17-15-22(20)23(24)14-16-27(25,26)4;;/h7-12,23,25,27-32,35-36H,5-6,13-22H2,1-4H3;10,19,21-26,29-30H,5-9,11-18H2,1-4H3;2*1H4/t23-,25-,27?,28+,29-,30-,31-,32+,33-,34+;19-,21-,22+,23-,24-,25-,26+,27-,28+;;/m11../s1. The molecule has 406 valence electrons. The van der Waals surface area contributed by atoms with E-state index in [0.29, 0.717) is 53.2 Å². The highest BCUT2D eigenvalue weighted by atomic mass is 32.2. The zero-order chi connectivity index (χ0) is 49.5. The minimum absolute atomic E-state index is 0. The van der Waals surface area contributed by atoms with Gasteiger partial charge < -0.3 is 20.4 Å². The minimum Gasteiger partial charge on any atom is -0.393 e. The minimum atomic E-state index is -3.51. The lowest BCUT2D eigenvalue weighted by atomic mass is 9.50. The molecule has 0 bridgehead atoms. The molecule has 4 N–H and O–H groups in total. The number of fused-ring (bicyclic) bond motifs is 10. The molecule has 6 nitrogen and oxygen atoms in total. The monoisotopic (exact) mass is 1000 g/mol. The lowest BCUT2D eigenvalue weighted by molar-refractivity contribution is -0.0461. The largest absolute Gasteiger partial charge is 0.393 e. The molecular formula is C64H108O6S. The lowest BCUT2D eigenvalue weighted by Gasteiger charge is -2.55. The summed E-state index contributed by atoms with van der Waals surface area (Å²) in [5, 5.41) is 41.8. The van der Waals surface area contributed by atoms with Crippen LogP contribution in [0.3, 0.4) is 0 Å². The molecule has 0 radical (unpaired) electrons. The van der Waals surface area contributed by atoms with Crippen molar-refractivity contribution in [3.8, 4) is 0 Å². The van der Waals surface area contributed by atoms with Gasteiger partial charge in [0.25, 0.3) is 0 Å². The van der Waals surface area contributed by atoms with Crippen LogP contribution in [0.4, 0.5) is 0 Å². The van der Waals surface area contributed by atoms with Crippen LogP contribution in [-0.2, 0) is 9.84 Å². The maximum absolute atomic E-state index is 13.8. The van der Waals surface area contributed by atoms with E-state index in [4.69, 9.17) is 0 Å². The van der Waals surface area contributed by atoms with Gasteiger partial charge in [0.2, 0.25) is 0 Å². The summed E-state index contributed by atoms with van der Waals surface area (Å²) in [7, 11) is -3.51. The molecule has 0 heterocycles. The van der Waals surface area contributed by atoms with Crippen LogP contribution >= 0.6 is 0 Å². The highest BCUT2D eigenvalue weighted by Gasteiger charge is 2.59. The molecule has 0 aliphatic heterocycles. The molecule has 7 heteroatoms. The number of aliphatic hydroxyl groups excluding tert-OH is 2. The average Bonchev–Trinajstić information content (AvgIpc) is 3.90. The normalized spacial score (nSPS) is 40.3. The van der Waals surface area contributed by atoms with Crippen LogP contribution < -0.4 is 0 Å². The molecule has 71 heavy (non-hydrogen) atoms. The van der Waals surface area contributed by atoms with Gasteiger partial charge in [-0.25, -0.2) is 8.42 Å². The van der Waals surface area contributed by atoms with Crippen LogP contribution in [0, 0.1) is 81.8 Å². The lowest BCUT2D eigenvalue weighted by Crippen LogP contribution is -2.48. The van der Waals surface area contributed by atoms with Crippen LogP contribution in [0.2, 0.25) is 0 Å². The van der Waals surface area contributed by atoms with E-state index in [2.05, 4.69) is 60.6 Å². The Morgan fingerprint density at radius 3 is 1.54 bits per heavy atom. The Morgan fingerprint density at radius 1 is 0.592 bits per heavy atom. The van der Waals surface area contributed by atoms with Crippen LogP contribution in [-0.4, -0.2) is 57.5 Å². The molecule has 19 atom stereocenters. The summed E-state index contributed by atoms with van der Waals surface area (Å²) >= 11 is 0. The molecule has 8 aliphatic carbocycles. The van der Waals surface area contributed by atoms with Gasteiger partial charge in [0, 0.05) is 0 Å². The van der Waals surface area contributed by atoms with E-state index in [1.807, 2.05) is 13.0 Å². The van der Waals surface area contributed by atoms with Gasteiger partial charge in [-0.3, -0.25) is 0 Å². The van der Waals surface area contributed by atoms with Crippen molar-refractivity contribution in [2.75, 3.05) is 0 Å². The predicted octanol–water partition coefficient (Wildman–Crippen LogP) is 15.5. The number of sulfone groups is 1. The van der Waals surface area contributed by atoms with Gasteiger partial charge in [-0.15, -0.1) is 0 Å². The SMILES string of the molecule is C.C.CC[C@@H](O)CC(C[C@@H](C)[C@H]1CC[C@H]2[C@@H]3CC=C4C[C@](O)(CC)CC[C@@H]4[C@H]3CC[C@]12C)S(=O)(=O)c1ccccc1.CC[C@@H](O)CCC[C@@H](C)[C@H]1CC[C@H]2[C@@H]3CC=C4C[C@](O)(CC)CC[C@@H]4[C@H]3CC[C@]12C. The Kier molecular flexibility index (Phi) is 19.7. The van der Waals surface area contributed by atoms with Gasteiger partial charge in [0.05, 0.1) is 33.6 Å². The van der Waals surface area contributed by atoms with Crippen molar-refractivity contribution in [2.45, 2.75) is 264 Å². The number of aliphatic hydroxyl groups is 4. The average molecular weight is 1010 g/mol. The second-order valence-corrected chi connectivity index (χ2v) is 28.3. The summed E-state index contributed by atoms with van der Waals surface area (Å²) in [6.45, 7) is 18.3. The quantitative estimate of drug-likeness (QED) is 0.123. The summed E-state index contributed by atoms with van der Waals surface area (Å²) < 4.78 is 27.5. The first-order valence-corrected chi connectivity index (χ1v) is 30.9. The maximum atomic E-state index is 13.8. The van der Waals surface area contributed by atoms with E-state index in [-0.39, 0.29) is 26.4 Å². The van der Waals surface area contributed by atoms with Gasteiger partial charge in [-0.1, -0.05) is 125 Å². The fourth-order valence-electron chi connectivity index (χ4n) is 18.6. The third-order valence-electron chi connectivity index (χ3n) is 22.8. The second kappa shape index (κ2) is 23.8. The Hall–Kier alpha value is -1.51. The number of hydrogen-bond acceptors (Lipinski definition) is 6. The molecule has 1 aromatic rings. The highest BCUT2D eigenvalue weighted by Crippen LogP contribution is 2.67. The molecule has 1 unspecified atom stereocenters. The van der Waals surface area contributed by atoms with Crippen LogP contribution in [0.1, 0.15) is 231 Å². The summed E-state index contributed by atoms with van der Waals surface area (Å²) in [6, 6.07) is 8.86. The van der Waals surface area contributed by atoms with Crippen molar-refractivity contribution >= 4 is 9.84 Å². The Labute approximate surface area is 436 Å². The van der Waals surface area contributed by atoms with Crippen molar-refractivity contribution in [3.05, 3.63) is 53.6 Å². The van der Waals surface area contributed by atoms with E-state index >= 15 is 0 Å². The third kappa shape index (κ3) is 11.8. The summed E-state index contributed by atoms with van der Waals surface area (Å²) in [4.78, 5) is 0.383. The fourth-order valence-corrected chi connectivity index (χ4v) is 20.5. The van der Waals surface area contributed by atoms with Gasteiger partial charge in [-0.05, 0) is 242 Å². The van der Waals surface area contributed by atoms with E-state index in [9.17, 15) is 28.8 Å². The zero-order valence-corrected chi connectivity index (χ0v) is 45.7. The molecule has 1 aromatic carbocycles. The van der Waals surface area contributed by atoms with Crippen molar-refractivity contribution in [2.24, 2.45) is 81.8 Å². The van der Waals surface area contributed by atoms with Gasteiger partial charge in [-0.2, -0.15) is 0 Å². The first-order chi connectivity index (χ1) is 32.8. The molecule has 8 aliphatic rings.